The first kappa shape index (κ1) is 18.4. The molecule has 2 heterocycles. The van der Waals surface area contributed by atoms with Gasteiger partial charge in [-0.15, -0.1) is 0 Å². The molecule has 0 spiro atoms. The fourth-order valence-electron chi connectivity index (χ4n) is 3.02. The number of pyridine rings is 1. The minimum atomic E-state index is -0.597. The van der Waals surface area contributed by atoms with Crippen LogP contribution in [0.3, 0.4) is 0 Å². The van der Waals surface area contributed by atoms with E-state index in [-0.39, 0.29) is 5.91 Å². The highest BCUT2D eigenvalue weighted by Crippen LogP contribution is 2.19. The Morgan fingerprint density at radius 1 is 1.11 bits per heavy atom. The zero-order chi connectivity index (χ0) is 19.2. The van der Waals surface area contributed by atoms with Gasteiger partial charge in [-0.2, -0.15) is 0 Å². The van der Waals surface area contributed by atoms with Crippen LogP contribution in [0.15, 0.2) is 48.8 Å². The van der Waals surface area contributed by atoms with Crippen LogP contribution in [0.5, 0.6) is 0 Å². The van der Waals surface area contributed by atoms with E-state index in [9.17, 15) is 14.4 Å². The monoisotopic (exact) mass is 367 g/mol. The van der Waals surface area contributed by atoms with Crippen molar-refractivity contribution in [3.05, 3.63) is 59.9 Å². The molecule has 8 heteroatoms. The van der Waals surface area contributed by atoms with Gasteiger partial charge >= 0.3 is 6.03 Å². The van der Waals surface area contributed by atoms with Crippen LogP contribution in [0.25, 0.3) is 0 Å². The molecule has 0 aliphatic carbocycles. The van der Waals surface area contributed by atoms with Crippen LogP contribution in [-0.2, 0) is 4.79 Å². The molecule has 0 unspecified atom stereocenters. The molecule has 1 aliphatic heterocycles. The van der Waals surface area contributed by atoms with Crippen LogP contribution < -0.4 is 16.2 Å². The van der Waals surface area contributed by atoms with Gasteiger partial charge in [-0.1, -0.05) is 18.2 Å². The van der Waals surface area contributed by atoms with Crippen LogP contribution >= 0.6 is 0 Å². The molecular formula is C19H21N5O3. The van der Waals surface area contributed by atoms with Crippen LogP contribution in [0.1, 0.15) is 28.8 Å². The quantitative estimate of drug-likeness (QED) is 0.720. The molecule has 3 rings (SSSR count). The standard InChI is InChI=1S/C19H21N5O3/c1-13-6-2-3-8-15(13)17(25)22-23-19(27)24-11-5-9-16(24)18(26)21-14-7-4-10-20-12-14/h2-4,6-8,10,12,16H,5,9,11H2,1H3,(H,21,26)(H,22,25)(H,23,27)/t16-/m0/s1. The first-order valence-electron chi connectivity index (χ1n) is 8.70. The van der Waals surface area contributed by atoms with E-state index in [0.29, 0.717) is 30.6 Å². The van der Waals surface area contributed by atoms with Gasteiger partial charge in [0, 0.05) is 18.3 Å². The van der Waals surface area contributed by atoms with Crippen LogP contribution in [0.2, 0.25) is 0 Å². The smallest absolute Gasteiger partial charge is 0.323 e. The molecule has 1 aliphatic rings. The highest BCUT2D eigenvalue weighted by atomic mass is 16.2. The molecule has 3 N–H and O–H groups in total. The number of amides is 4. The summed E-state index contributed by atoms with van der Waals surface area (Å²) in [5.74, 6) is -0.683. The molecule has 1 saturated heterocycles. The van der Waals surface area contributed by atoms with E-state index in [4.69, 9.17) is 0 Å². The summed E-state index contributed by atoms with van der Waals surface area (Å²) in [6.45, 7) is 2.26. The first-order valence-corrected chi connectivity index (χ1v) is 8.70. The van der Waals surface area contributed by atoms with Crippen molar-refractivity contribution in [2.45, 2.75) is 25.8 Å². The number of nitrogens with one attached hydrogen (secondary N) is 3. The Kier molecular flexibility index (Phi) is 5.65. The van der Waals surface area contributed by atoms with Crippen molar-refractivity contribution < 1.29 is 14.4 Å². The van der Waals surface area contributed by atoms with Crippen molar-refractivity contribution in [1.29, 1.82) is 0 Å². The second kappa shape index (κ2) is 8.31. The SMILES string of the molecule is Cc1ccccc1C(=O)NNC(=O)N1CCC[C@H]1C(=O)Nc1cccnc1. The van der Waals surface area contributed by atoms with Gasteiger partial charge in [-0.25, -0.2) is 10.2 Å². The van der Waals surface area contributed by atoms with E-state index in [1.54, 1.807) is 36.7 Å². The molecule has 4 amide bonds. The van der Waals surface area contributed by atoms with Gasteiger partial charge < -0.3 is 10.2 Å². The predicted molar refractivity (Wildman–Crippen MR) is 99.8 cm³/mol. The highest BCUT2D eigenvalue weighted by Gasteiger charge is 2.34. The van der Waals surface area contributed by atoms with E-state index >= 15 is 0 Å². The minimum absolute atomic E-state index is 0.277. The molecule has 1 aromatic heterocycles. The lowest BCUT2D eigenvalue weighted by Gasteiger charge is -2.24. The summed E-state index contributed by atoms with van der Waals surface area (Å²) in [5.41, 5.74) is 6.65. The normalized spacial score (nSPS) is 15.9. The zero-order valence-electron chi connectivity index (χ0n) is 14.9. The first-order chi connectivity index (χ1) is 13.1. The number of rotatable bonds is 3. The third-order valence-corrected chi connectivity index (χ3v) is 4.42. The summed E-state index contributed by atoms with van der Waals surface area (Å²) >= 11 is 0. The molecule has 8 nitrogen and oxygen atoms in total. The van der Waals surface area contributed by atoms with Gasteiger partial charge in [0.15, 0.2) is 0 Å². The number of aromatic nitrogens is 1. The summed E-state index contributed by atoms with van der Waals surface area (Å²) < 4.78 is 0. The van der Waals surface area contributed by atoms with Crippen LogP contribution in [0.4, 0.5) is 10.5 Å². The zero-order valence-corrected chi connectivity index (χ0v) is 14.9. The van der Waals surface area contributed by atoms with Gasteiger partial charge in [0.2, 0.25) is 5.91 Å². The Hall–Kier alpha value is -3.42. The number of urea groups is 1. The van der Waals surface area contributed by atoms with E-state index < -0.39 is 18.0 Å². The van der Waals surface area contributed by atoms with E-state index in [1.807, 2.05) is 19.1 Å². The number of carbonyl (C=O) groups is 3. The van der Waals surface area contributed by atoms with E-state index in [1.165, 1.54) is 4.90 Å². The summed E-state index contributed by atoms with van der Waals surface area (Å²) in [7, 11) is 0. The predicted octanol–water partition coefficient (Wildman–Crippen LogP) is 1.85. The Bertz CT molecular complexity index is 840. The maximum Gasteiger partial charge on any atom is 0.336 e. The lowest BCUT2D eigenvalue weighted by molar-refractivity contribution is -0.119. The average molecular weight is 367 g/mol. The molecule has 0 bridgehead atoms. The van der Waals surface area contributed by atoms with Gasteiger partial charge in [0.05, 0.1) is 11.9 Å². The molecular weight excluding hydrogens is 346 g/mol. The Balaban J connectivity index is 1.58. The lowest BCUT2D eigenvalue weighted by Crippen LogP contribution is -2.52. The van der Waals surface area contributed by atoms with Crippen LogP contribution in [-0.4, -0.2) is 40.3 Å². The molecule has 27 heavy (non-hydrogen) atoms. The van der Waals surface area contributed by atoms with Gasteiger partial charge in [-0.05, 0) is 43.5 Å². The fourth-order valence-corrected chi connectivity index (χ4v) is 3.02. The molecule has 1 atom stereocenters. The summed E-state index contributed by atoms with van der Waals surface area (Å²) in [6.07, 6.45) is 4.43. The van der Waals surface area contributed by atoms with Crippen molar-refractivity contribution in [1.82, 2.24) is 20.7 Å². The number of hydrazine groups is 1. The largest absolute Gasteiger partial charge is 0.336 e. The van der Waals surface area contributed by atoms with Gasteiger partial charge in [0.25, 0.3) is 5.91 Å². The Morgan fingerprint density at radius 3 is 2.67 bits per heavy atom. The van der Waals surface area contributed by atoms with Crippen LogP contribution in [0, 0.1) is 6.92 Å². The summed E-state index contributed by atoms with van der Waals surface area (Å²) in [6, 6.07) is 9.42. The summed E-state index contributed by atoms with van der Waals surface area (Å²) in [5, 5.41) is 2.76. The van der Waals surface area contributed by atoms with Gasteiger partial charge in [-0.3, -0.25) is 20.0 Å². The third-order valence-electron chi connectivity index (χ3n) is 4.42. The lowest BCUT2D eigenvalue weighted by atomic mass is 10.1. The molecule has 140 valence electrons. The second-order valence-corrected chi connectivity index (χ2v) is 6.28. The second-order valence-electron chi connectivity index (χ2n) is 6.28. The van der Waals surface area contributed by atoms with Crippen molar-refractivity contribution >= 4 is 23.5 Å². The topological polar surface area (TPSA) is 103 Å². The Morgan fingerprint density at radius 2 is 1.93 bits per heavy atom. The third kappa shape index (κ3) is 4.41. The van der Waals surface area contributed by atoms with E-state index in [2.05, 4.69) is 21.2 Å². The molecule has 2 aromatic rings. The van der Waals surface area contributed by atoms with Crippen molar-refractivity contribution in [3.8, 4) is 0 Å². The van der Waals surface area contributed by atoms with E-state index in [0.717, 1.165) is 5.56 Å². The van der Waals surface area contributed by atoms with Gasteiger partial charge in [0.1, 0.15) is 6.04 Å². The summed E-state index contributed by atoms with van der Waals surface area (Å²) in [4.78, 5) is 42.5. The molecule has 0 radical (unpaired) electrons. The highest BCUT2D eigenvalue weighted by molar-refractivity contribution is 5.98. The van der Waals surface area contributed by atoms with Crippen molar-refractivity contribution in [2.75, 3.05) is 11.9 Å². The number of nitrogens with zero attached hydrogens (tertiary/aromatic N) is 2. The number of hydrogen-bond donors (Lipinski definition) is 3. The Labute approximate surface area is 156 Å². The number of likely N-dealkylation sites (tertiary alicyclic amines) is 1. The molecule has 0 saturated carbocycles. The maximum atomic E-state index is 12.5. The van der Waals surface area contributed by atoms with Crippen molar-refractivity contribution in [3.63, 3.8) is 0 Å². The van der Waals surface area contributed by atoms with Crippen molar-refractivity contribution in [2.24, 2.45) is 0 Å². The maximum absolute atomic E-state index is 12.5. The number of anilines is 1. The number of carbonyl (C=O) groups excluding carboxylic acids is 3. The molecule has 1 aromatic carbocycles. The number of aryl methyl sites for hydroxylation is 1. The minimum Gasteiger partial charge on any atom is -0.323 e. The molecule has 1 fully saturated rings. The number of benzene rings is 1. The fraction of sp³-hybridized carbons (Fsp3) is 0.263. The number of hydrogen-bond acceptors (Lipinski definition) is 4. The average Bonchev–Trinajstić information content (AvgIpc) is 3.17.